The van der Waals surface area contributed by atoms with Gasteiger partial charge in [-0.1, -0.05) is 25.3 Å². The monoisotopic (exact) mass is 367 g/mol. The summed E-state index contributed by atoms with van der Waals surface area (Å²) in [6, 6.07) is 6.33. The van der Waals surface area contributed by atoms with E-state index in [1.165, 1.54) is 16.8 Å². The number of benzene rings is 1. The Balaban J connectivity index is 2.09. The van der Waals surface area contributed by atoms with Crippen molar-refractivity contribution >= 4 is 15.9 Å². The van der Waals surface area contributed by atoms with E-state index in [1.807, 2.05) is 0 Å². The van der Waals surface area contributed by atoms with Crippen LogP contribution in [0.3, 0.4) is 0 Å². The lowest BCUT2D eigenvalue weighted by molar-refractivity contribution is 0.0953. The van der Waals surface area contributed by atoms with Crippen molar-refractivity contribution in [3.63, 3.8) is 0 Å². The molecule has 0 atom stereocenters. The van der Waals surface area contributed by atoms with Gasteiger partial charge in [-0.3, -0.25) is 4.79 Å². The normalized spacial score (nSPS) is 16.1. The Morgan fingerprint density at radius 3 is 2.64 bits per heavy atom. The van der Waals surface area contributed by atoms with Crippen LogP contribution in [0.4, 0.5) is 0 Å². The predicted molar refractivity (Wildman–Crippen MR) is 98.9 cm³/mol. The Kier molecular flexibility index (Phi) is 7.40. The van der Waals surface area contributed by atoms with Crippen molar-refractivity contribution in [2.45, 2.75) is 55.9 Å². The lowest BCUT2D eigenvalue weighted by Crippen LogP contribution is -2.38. The summed E-state index contributed by atoms with van der Waals surface area (Å²) in [5.41, 5.74) is 5.80. The van der Waals surface area contributed by atoms with Crippen LogP contribution in [0, 0.1) is 0 Å². The molecular formula is C18H29N3O3S. The number of nitrogens with zero attached hydrogens (tertiary/aromatic N) is 1. The molecular weight excluding hydrogens is 338 g/mol. The van der Waals surface area contributed by atoms with E-state index in [9.17, 15) is 13.2 Å². The molecule has 3 N–H and O–H groups in total. The van der Waals surface area contributed by atoms with E-state index in [0.29, 0.717) is 18.7 Å². The molecule has 1 saturated carbocycles. The van der Waals surface area contributed by atoms with Crippen LogP contribution in [0.15, 0.2) is 29.2 Å². The van der Waals surface area contributed by atoms with Crippen LogP contribution in [0.25, 0.3) is 0 Å². The van der Waals surface area contributed by atoms with E-state index >= 15 is 0 Å². The van der Waals surface area contributed by atoms with E-state index in [0.717, 1.165) is 38.5 Å². The van der Waals surface area contributed by atoms with Crippen molar-refractivity contribution in [3.8, 4) is 0 Å². The van der Waals surface area contributed by atoms with Gasteiger partial charge in [0.15, 0.2) is 0 Å². The molecule has 1 fully saturated rings. The topological polar surface area (TPSA) is 92.5 Å². The van der Waals surface area contributed by atoms with Gasteiger partial charge in [0.25, 0.3) is 5.91 Å². The van der Waals surface area contributed by atoms with Crippen molar-refractivity contribution in [1.82, 2.24) is 9.62 Å². The summed E-state index contributed by atoms with van der Waals surface area (Å²) in [5, 5.41) is 2.80. The van der Waals surface area contributed by atoms with Gasteiger partial charge in [-0.05, 0) is 50.4 Å². The second-order valence-corrected chi connectivity index (χ2v) is 8.59. The van der Waals surface area contributed by atoms with E-state index in [4.69, 9.17) is 5.73 Å². The maximum atomic E-state index is 12.9. The van der Waals surface area contributed by atoms with Crippen molar-refractivity contribution in [3.05, 3.63) is 29.8 Å². The zero-order valence-electron chi connectivity index (χ0n) is 14.9. The first-order chi connectivity index (χ1) is 12.0. The van der Waals surface area contributed by atoms with Crippen LogP contribution in [-0.4, -0.2) is 44.8 Å². The summed E-state index contributed by atoms with van der Waals surface area (Å²) in [7, 11) is -1.94. The molecule has 0 heterocycles. The molecule has 1 aromatic carbocycles. The Hall–Kier alpha value is -1.44. The molecule has 0 aromatic heterocycles. The fraction of sp³-hybridized carbons (Fsp3) is 0.611. The third kappa shape index (κ3) is 5.26. The lowest BCUT2D eigenvalue weighted by atomic mass is 9.96. The van der Waals surface area contributed by atoms with Crippen molar-refractivity contribution in [2.24, 2.45) is 5.73 Å². The maximum absolute atomic E-state index is 12.9. The van der Waals surface area contributed by atoms with E-state index in [1.54, 1.807) is 25.2 Å². The van der Waals surface area contributed by atoms with Crippen LogP contribution >= 0.6 is 0 Å². The molecule has 0 bridgehead atoms. The van der Waals surface area contributed by atoms with Gasteiger partial charge in [0.1, 0.15) is 0 Å². The van der Waals surface area contributed by atoms with Gasteiger partial charge in [-0.25, -0.2) is 8.42 Å². The lowest BCUT2D eigenvalue weighted by Gasteiger charge is -2.30. The van der Waals surface area contributed by atoms with E-state index < -0.39 is 10.0 Å². The molecule has 6 nitrogen and oxygen atoms in total. The number of hydrogen-bond donors (Lipinski definition) is 2. The number of sulfonamides is 1. The second kappa shape index (κ2) is 9.31. The first kappa shape index (κ1) is 19.9. The molecule has 7 heteroatoms. The number of carbonyl (C=O) groups is 1. The number of nitrogens with two attached hydrogens (primary N) is 1. The van der Waals surface area contributed by atoms with Crippen molar-refractivity contribution < 1.29 is 13.2 Å². The molecule has 25 heavy (non-hydrogen) atoms. The van der Waals surface area contributed by atoms with Gasteiger partial charge in [0.05, 0.1) is 4.90 Å². The van der Waals surface area contributed by atoms with Crippen LogP contribution in [0.1, 0.15) is 55.3 Å². The first-order valence-corrected chi connectivity index (χ1v) is 10.5. The number of carbonyl (C=O) groups excluding carboxylic acids is 1. The fourth-order valence-electron chi connectivity index (χ4n) is 3.18. The van der Waals surface area contributed by atoms with Crippen LogP contribution in [-0.2, 0) is 10.0 Å². The Bertz CT molecular complexity index is 670. The predicted octanol–water partition coefficient (Wildman–Crippen LogP) is 2.11. The minimum absolute atomic E-state index is 0.0486. The smallest absolute Gasteiger partial charge is 0.251 e. The number of unbranched alkanes of at least 4 members (excludes halogenated alkanes) is 1. The maximum Gasteiger partial charge on any atom is 0.251 e. The third-order valence-electron chi connectivity index (χ3n) is 4.78. The number of rotatable bonds is 8. The molecule has 2 rings (SSSR count). The van der Waals surface area contributed by atoms with Gasteiger partial charge < -0.3 is 11.1 Å². The quantitative estimate of drug-likeness (QED) is 0.688. The average Bonchev–Trinajstić information content (AvgIpc) is 2.65. The Morgan fingerprint density at radius 2 is 1.96 bits per heavy atom. The highest BCUT2D eigenvalue weighted by atomic mass is 32.2. The minimum atomic E-state index is -3.59. The summed E-state index contributed by atoms with van der Waals surface area (Å²) in [4.78, 5) is 12.4. The molecule has 1 aromatic rings. The van der Waals surface area contributed by atoms with Crippen LogP contribution in [0.2, 0.25) is 0 Å². The first-order valence-electron chi connectivity index (χ1n) is 9.03. The minimum Gasteiger partial charge on any atom is -0.352 e. The van der Waals surface area contributed by atoms with Gasteiger partial charge in [-0.2, -0.15) is 4.31 Å². The average molecular weight is 368 g/mol. The highest BCUT2D eigenvalue weighted by Gasteiger charge is 2.29. The summed E-state index contributed by atoms with van der Waals surface area (Å²) in [6.45, 7) is 1.13. The van der Waals surface area contributed by atoms with Crippen molar-refractivity contribution in [2.75, 3.05) is 20.1 Å². The zero-order chi connectivity index (χ0) is 18.3. The van der Waals surface area contributed by atoms with Crippen LogP contribution < -0.4 is 11.1 Å². The Morgan fingerprint density at radius 1 is 1.24 bits per heavy atom. The summed E-state index contributed by atoms with van der Waals surface area (Å²) < 4.78 is 27.2. The number of amides is 1. The molecule has 0 saturated heterocycles. The summed E-state index contributed by atoms with van der Waals surface area (Å²) >= 11 is 0. The molecule has 1 aliphatic rings. The molecule has 0 radical (unpaired) electrons. The number of nitrogens with one attached hydrogen (secondary N) is 1. The second-order valence-electron chi connectivity index (χ2n) is 6.59. The molecule has 0 aliphatic heterocycles. The summed E-state index contributed by atoms with van der Waals surface area (Å²) in [5.74, 6) is -0.255. The zero-order valence-corrected chi connectivity index (χ0v) is 15.7. The number of hydrogen-bond acceptors (Lipinski definition) is 4. The molecule has 140 valence electrons. The van der Waals surface area contributed by atoms with E-state index in [2.05, 4.69) is 5.32 Å². The van der Waals surface area contributed by atoms with Gasteiger partial charge >= 0.3 is 0 Å². The highest BCUT2D eigenvalue weighted by molar-refractivity contribution is 7.89. The largest absolute Gasteiger partial charge is 0.352 e. The fourth-order valence-corrected chi connectivity index (χ4v) is 4.64. The third-order valence-corrected chi connectivity index (χ3v) is 6.68. The Labute approximate surface area is 150 Å². The van der Waals surface area contributed by atoms with Gasteiger partial charge in [0.2, 0.25) is 10.0 Å². The van der Waals surface area contributed by atoms with E-state index in [-0.39, 0.29) is 16.8 Å². The van der Waals surface area contributed by atoms with Crippen LogP contribution in [0.5, 0.6) is 0 Å². The SMILES string of the molecule is CN(C1CCCCC1)S(=O)(=O)c1cccc(C(=O)NCCCCN)c1. The molecule has 0 spiro atoms. The van der Waals surface area contributed by atoms with Gasteiger partial charge in [0, 0.05) is 25.2 Å². The highest BCUT2D eigenvalue weighted by Crippen LogP contribution is 2.26. The standard InChI is InChI=1S/C18H29N3O3S/c1-21(16-9-3-2-4-10-16)25(23,24)17-11-7-8-15(14-17)18(22)20-13-6-5-12-19/h7-8,11,14,16H,2-6,9-10,12-13,19H2,1H3,(H,20,22). The molecule has 1 amide bonds. The van der Waals surface area contributed by atoms with Crippen molar-refractivity contribution in [1.29, 1.82) is 0 Å². The molecule has 1 aliphatic carbocycles. The summed E-state index contributed by atoms with van der Waals surface area (Å²) in [6.07, 6.45) is 6.76. The molecule has 0 unspecified atom stereocenters. The van der Waals surface area contributed by atoms with Gasteiger partial charge in [-0.15, -0.1) is 0 Å².